The van der Waals surface area contributed by atoms with E-state index in [0.717, 1.165) is 30.1 Å². The largest absolute Gasteiger partial charge is 0.492 e. The van der Waals surface area contributed by atoms with Crippen LogP contribution in [0.4, 0.5) is 0 Å². The summed E-state index contributed by atoms with van der Waals surface area (Å²) in [4.78, 5) is 6.46. The topological polar surface area (TPSA) is 51.4 Å². The van der Waals surface area contributed by atoms with Crippen molar-refractivity contribution < 1.29 is 4.74 Å². The highest BCUT2D eigenvalue weighted by molar-refractivity contribution is 7.07. The van der Waals surface area contributed by atoms with Gasteiger partial charge in [-0.2, -0.15) is 0 Å². The molecular formula is C16H19N3OS. The molecule has 0 unspecified atom stereocenters. The van der Waals surface area contributed by atoms with Gasteiger partial charge in [-0.25, -0.2) is 4.98 Å². The number of hydrogen-bond acceptors (Lipinski definition) is 5. The van der Waals surface area contributed by atoms with Crippen molar-refractivity contribution >= 4 is 11.3 Å². The molecule has 4 nitrogen and oxygen atoms in total. The molecule has 2 N–H and O–H groups in total. The second-order valence-corrected chi connectivity index (χ2v) is 5.31. The maximum atomic E-state index is 5.72. The van der Waals surface area contributed by atoms with Gasteiger partial charge >= 0.3 is 0 Å². The zero-order valence-corrected chi connectivity index (χ0v) is 12.9. The van der Waals surface area contributed by atoms with Crippen molar-refractivity contribution in [2.45, 2.75) is 6.54 Å². The minimum absolute atomic E-state index is 0.379. The molecule has 1 heterocycles. The molecule has 0 saturated heterocycles. The predicted octanol–water partition coefficient (Wildman–Crippen LogP) is 1.96. The van der Waals surface area contributed by atoms with E-state index in [1.54, 1.807) is 11.3 Å². The van der Waals surface area contributed by atoms with Crippen LogP contribution in [0.25, 0.3) is 0 Å². The number of rotatable bonds is 6. The lowest BCUT2D eigenvalue weighted by molar-refractivity contribution is 0.231. The van der Waals surface area contributed by atoms with Crippen molar-refractivity contribution in [1.29, 1.82) is 0 Å². The fraction of sp³-hybridized carbons (Fsp3) is 0.312. The molecule has 5 heteroatoms. The quantitative estimate of drug-likeness (QED) is 0.829. The molecule has 1 aromatic carbocycles. The van der Waals surface area contributed by atoms with Crippen LogP contribution in [0.2, 0.25) is 0 Å². The van der Waals surface area contributed by atoms with E-state index in [1.807, 2.05) is 29.8 Å². The Morgan fingerprint density at radius 1 is 1.33 bits per heavy atom. The molecule has 2 aromatic rings. The zero-order valence-electron chi connectivity index (χ0n) is 12.1. The SMILES string of the molecule is CN(CCOc1ccc(C#CCN)cc1)Cc1cscn1. The minimum atomic E-state index is 0.379. The summed E-state index contributed by atoms with van der Waals surface area (Å²) in [6.45, 7) is 2.73. The molecule has 110 valence electrons. The third-order valence-electron chi connectivity index (χ3n) is 2.85. The summed E-state index contributed by atoms with van der Waals surface area (Å²) in [7, 11) is 2.06. The van der Waals surface area contributed by atoms with Crippen LogP contribution in [-0.2, 0) is 6.54 Å². The standard InChI is InChI=1S/C16H19N3OS/c1-19(11-15-12-21-13-18-15)9-10-20-16-6-4-14(5-7-16)3-2-8-17/h4-7,12-13H,8-11,17H2,1H3. The van der Waals surface area contributed by atoms with Gasteiger partial charge in [-0.1, -0.05) is 11.8 Å². The number of aromatic nitrogens is 1. The third kappa shape index (κ3) is 5.56. The summed E-state index contributed by atoms with van der Waals surface area (Å²) < 4.78 is 5.72. The van der Waals surface area contributed by atoms with Crippen LogP contribution < -0.4 is 10.5 Å². The predicted molar refractivity (Wildman–Crippen MR) is 86.3 cm³/mol. The maximum Gasteiger partial charge on any atom is 0.119 e. The molecule has 21 heavy (non-hydrogen) atoms. The van der Waals surface area contributed by atoms with Gasteiger partial charge in [0, 0.05) is 24.0 Å². The van der Waals surface area contributed by atoms with Gasteiger partial charge in [-0.15, -0.1) is 11.3 Å². The summed E-state index contributed by atoms with van der Waals surface area (Å²) in [5.41, 5.74) is 9.25. The van der Waals surface area contributed by atoms with E-state index in [1.165, 1.54) is 0 Å². The zero-order chi connectivity index (χ0) is 14.9. The van der Waals surface area contributed by atoms with Gasteiger partial charge in [-0.05, 0) is 31.3 Å². The van der Waals surface area contributed by atoms with Gasteiger partial charge in [0.2, 0.25) is 0 Å². The van der Waals surface area contributed by atoms with E-state index in [0.29, 0.717) is 13.2 Å². The Morgan fingerprint density at radius 2 is 2.14 bits per heavy atom. The van der Waals surface area contributed by atoms with Crippen LogP contribution in [0, 0.1) is 11.8 Å². The Kier molecular flexibility index (Phi) is 6.22. The molecule has 0 saturated carbocycles. The van der Waals surface area contributed by atoms with Gasteiger partial charge in [0.05, 0.1) is 17.7 Å². The summed E-state index contributed by atoms with van der Waals surface area (Å²) in [6.07, 6.45) is 0. The van der Waals surface area contributed by atoms with Crippen LogP contribution in [0.3, 0.4) is 0 Å². The molecule has 0 fully saturated rings. The first-order valence-corrected chi connectivity index (χ1v) is 7.69. The molecular weight excluding hydrogens is 282 g/mol. The highest BCUT2D eigenvalue weighted by Crippen LogP contribution is 2.11. The molecule has 0 aliphatic heterocycles. The average molecular weight is 301 g/mol. The Morgan fingerprint density at radius 3 is 2.81 bits per heavy atom. The molecule has 0 radical (unpaired) electrons. The number of nitrogens with two attached hydrogens (primary N) is 1. The normalized spacial score (nSPS) is 10.2. The fourth-order valence-electron chi connectivity index (χ4n) is 1.78. The lowest BCUT2D eigenvalue weighted by Crippen LogP contribution is -2.24. The van der Waals surface area contributed by atoms with Gasteiger partial charge in [0.15, 0.2) is 0 Å². The lowest BCUT2D eigenvalue weighted by atomic mass is 10.2. The summed E-state index contributed by atoms with van der Waals surface area (Å²) in [5, 5.41) is 2.07. The summed E-state index contributed by atoms with van der Waals surface area (Å²) in [5.74, 6) is 6.67. The molecule has 0 amide bonds. The van der Waals surface area contributed by atoms with Crippen molar-refractivity contribution in [2.24, 2.45) is 5.73 Å². The van der Waals surface area contributed by atoms with Crippen LogP contribution in [0.1, 0.15) is 11.3 Å². The van der Waals surface area contributed by atoms with Gasteiger partial charge in [0.1, 0.15) is 12.4 Å². The van der Waals surface area contributed by atoms with Gasteiger partial charge in [0.25, 0.3) is 0 Å². The van der Waals surface area contributed by atoms with Crippen LogP contribution in [0.15, 0.2) is 35.2 Å². The number of likely N-dealkylation sites (N-methyl/N-ethyl adjacent to an activating group) is 1. The molecule has 2 rings (SSSR count). The lowest BCUT2D eigenvalue weighted by Gasteiger charge is -2.15. The first kappa shape index (κ1) is 15.5. The van der Waals surface area contributed by atoms with Crippen molar-refractivity contribution in [1.82, 2.24) is 9.88 Å². The van der Waals surface area contributed by atoms with Crippen LogP contribution in [-0.4, -0.2) is 36.6 Å². The number of nitrogens with zero attached hydrogens (tertiary/aromatic N) is 2. The average Bonchev–Trinajstić information content (AvgIpc) is 2.99. The van der Waals surface area contributed by atoms with E-state index < -0.39 is 0 Å². The number of thiazole rings is 1. The highest BCUT2D eigenvalue weighted by Gasteiger charge is 2.02. The minimum Gasteiger partial charge on any atom is -0.492 e. The summed E-state index contributed by atoms with van der Waals surface area (Å²) in [6, 6.07) is 7.75. The Hall–Kier alpha value is -1.87. The van der Waals surface area contributed by atoms with Crippen molar-refractivity contribution in [3.63, 3.8) is 0 Å². The second-order valence-electron chi connectivity index (χ2n) is 4.60. The maximum absolute atomic E-state index is 5.72. The fourth-order valence-corrected chi connectivity index (χ4v) is 2.33. The molecule has 0 spiro atoms. The Balaban J connectivity index is 1.73. The molecule has 0 bridgehead atoms. The molecule has 0 atom stereocenters. The van der Waals surface area contributed by atoms with Gasteiger partial charge < -0.3 is 10.5 Å². The van der Waals surface area contributed by atoms with E-state index in [9.17, 15) is 0 Å². The van der Waals surface area contributed by atoms with E-state index in [2.05, 4.69) is 34.2 Å². The Labute approximate surface area is 129 Å². The first-order valence-electron chi connectivity index (χ1n) is 6.75. The monoisotopic (exact) mass is 301 g/mol. The Bertz CT molecular complexity index is 584. The number of hydrogen-bond donors (Lipinski definition) is 1. The molecule has 0 aliphatic rings. The van der Waals surface area contributed by atoms with E-state index in [4.69, 9.17) is 10.5 Å². The number of ether oxygens (including phenoxy) is 1. The number of benzene rings is 1. The second kappa shape index (κ2) is 8.42. The van der Waals surface area contributed by atoms with Gasteiger partial charge in [-0.3, -0.25) is 4.90 Å². The summed E-state index contributed by atoms with van der Waals surface area (Å²) >= 11 is 1.62. The van der Waals surface area contributed by atoms with E-state index >= 15 is 0 Å². The van der Waals surface area contributed by atoms with Crippen molar-refractivity contribution in [3.05, 3.63) is 46.4 Å². The molecule has 1 aromatic heterocycles. The molecule has 0 aliphatic carbocycles. The van der Waals surface area contributed by atoms with Crippen LogP contribution >= 0.6 is 11.3 Å². The van der Waals surface area contributed by atoms with Crippen LogP contribution in [0.5, 0.6) is 5.75 Å². The van der Waals surface area contributed by atoms with Crippen molar-refractivity contribution in [3.8, 4) is 17.6 Å². The highest BCUT2D eigenvalue weighted by atomic mass is 32.1. The third-order valence-corrected chi connectivity index (χ3v) is 3.48. The van der Waals surface area contributed by atoms with E-state index in [-0.39, 0.29) is 0 Å². The smallest absolute Gasteiger partial charge is 0.119 e. The van der Waals surface area contributed by atoms with Crippen molar-refractivity contribution in [2.75, 3.05) is 26.7 Å². The first-order chi connectivity index (χ1) is 10.3.